The molecule has 26 heavy (non-hydrogen) atoms. The van der Waals surface area contributed by atoms with E-state index in [1.807, 2.05) is 35.6 Å². The first kappa shape index (κ1) is 18.4. The van der Waals surface area contributed by atoms with Crippen molar-refractivity contribution >= 4 is 33.6 Å². The van der Waals surface area contributed by atoms with E-state index in [0.29, 0.717) is 4.88 Å². The molecule has 2 heterocycles. The minimum absolute atomic E-state index is 0.108. The van der Waals surface area contributed by atoms with Crippen molar-refractivity contribution in [1.29, 1.82) is 0 Å². The predicted octanol–water partition coefficient (Wildman–Crippen LogP) is 4.32. The van der Waals surface area contributed by atoms with Gasteiger partial charge in [-0.2, -0.15) is 0 Å². The van der Waals surface area contributed by atoms with E-state index in [9.17, 15) is 4.79 Å². The maximum atomic E-state index is 12.7. The number of rotatable bonds is 6. The lowest BCUT2D eigenvalue weighted by Crippen LogP contribution is -2.21. The first-order valence-electron chi connectivity index (χ1n) is 8.97. The van der Waals surface area contributed by atoms with Gasteiger partial charge in [-0.25, -0.2) is 0 Å². The van der Waals surface area contributed by atoms with E-state index >= 15 is 0 Å². The molecule has 0 saturated carbocycles. The standard InChI is InChI=1S/C19H25N5OS/c1-6-23(7-2)15-10-8-14(9-11-15)20-18(25)16-13(5)24-17(12(3)4)21-22-19(24)26-16/h8-12H,6-7H2,1-5H3,(H,20,25). The van der Waals surface area contributed by atoms with Gasteiger partial charge in [0.15, 0.2) is 0 Å². The average molecular weight is 372 g/mol. The Labute approximate surface area is 157 Å². The van der Waals surface area contributed by atoms with Gasteiger partial charge < -0.3 is 10.2 Å². The Morgan fingerprint density at radius 2 is 1.85 bits per heavy atom. The van der Waals surface area contributed by atoms with E-state index in [-0.39, 0.29) is 11.8 Å². The maximum Gasteiger partial charge on any atom is 0.267 e. The third-order valence-electron chi connectivity index (χ3n) is 4.49. The average Bonchev–Trinajstić information content (AvgIpc) is 3.18. The maximum absolute atomic E-state index is 12.7. The number of nitrogens with one attached hydrogen (secondary N) is 1. The lowest BCUT2D eigenvalue weighted by atomic mass is 10.2. The third-order valence-corrected chi connectivity index (χ3v) is 5.62. The Kier molecular flexibility index (Phi) is 5.27. The minimum Gasteiger partial charge on any atom is -0.372 e. The third kappa shape index (κ3) is 3.31. The summed E-state index contributed by atoms with van der Waals surface area (Å²) in [7, 11) is 0. The number of nitrogens with zero attached hydrogens (tertiary/aromatic N) is 4. The van der Waals surface area contributed by atoms with Gasteiger partial charge in [-0.3, -0.25) is 9.20 Å². The van der Waals surface area contributed by atoms with E-state index in [1.54, 1.807) is 0 Å². The molecule has 1 aromatic carbocycles. The summed E-state index contributed by atoms with van der Waals surface area (Å²) in [5, 5.41) is 11.4. The number of amides is 1. The van der Waals surface area contributed by atoms with Crippen LogP contribution in [-0.4, -0.2) is 33.6 Å². The normalized spacial score (nSPS) is 11.3. The molecule has 1 amide bonds. The van der Waals surface area contributed by atoms with Crippen LogP contribution in [0.15, 0.2) is 24.3 Å². The molecule has 0 spiro atoms. The van der Waals surface area contributed by atoms with Crippen LogP contribution in [0.25, 0.3) is 4.96 Å². The monoisotopic (exact) mass is 371 g/mol. The van der Waals surface area contributed by atoms with Crippen molar-refractivity contribution in [1.82, 2.24) is 14.6 Å². The number of fused-ring (bicyclic) bond motifs is 1. The van der Waals surface area contributed by atoms with E-state index in [0.717, 1.165) is 40.9 Å². The van der Waals surface area contributed by atoms with E-state index in [4.69, 9.17) is 0 Å². The fourth-order valence-electron chi connectivity index (χ4n) is 3.05. The summed E-state index contributed by atoms with van der Waals surface area (Å²) >= 11 is 1.37. The highest BCUT2D eigenvalue weighted by atomic mass is 32.1. The molecular formula is C19H25N5OS. The summed E-state index contributed by atoms with van der Waals surface area (Å²) in [6.45, 7) is 12.3. The van der Waals surface area contributed by atoms with Crippen LogP contribution < -0.4 is 10.2 Å². The molecular weight excluding hydrogens is 346 g/mol. The summed E-state index contributed by atoms with van der Waals surface area (Å²) in [5.41, 5.74) is 2.83. The van der Waals surface area contributed by atoms with Crippen molar-refractivity contribution in [3.05, 3.63) is 40.7 Å². The largest absolute Gasteiger partial charge is 0.372 e. The zero-order valence-corrected chi connectivity index (χ0v) is 16.7. The number of hydrogen-bond donors (Lipinski definition) is 1. The Morgan fingerprint density at radius 1 is 1.19 bits per heavy atom. The van der Waals surface area contributed by atoms with Crippen LogP contribution in [0.5, 0.6) is 0 Å². The highest BCUT2D eigenvalue weighted by molar-refractivity contribution is 7.19. The molecule has 1 N–H and O–H groups in total. The van der Waals surface area contributed by atoms with Gasteiger partial charge in [0.1, 0.15) is 10.7 Å². The molecule has 3 aromatic rings. The van der Waals surface area contributed by atoms with Gasteiger partial charge >= 0.3 is 0 Å². The Morgan fingerprint density at radius 3 is 2.42 bits per heavy atom. The van der Waals surface area contributed by atoms with Gasteiger partial charge in [0.25, 0.3) is 5.91 Å². The zero-order chi connectivity index (χ0) is 18.8. The number of benzene rings is 1. The lowest BCUT2D eigenvalue weighted by Gasteiger charge is -2.21. The van der Waals surface area contributed by atoms with Gasteiger partial charge in [0.05, 0.1) is 0 Å². The van der Waals surface area contributed by atoms with Crippen LogP contribution >= 0.6 is 11.3 Å². The first-order chi connectivity index (χ1) is 12.5. The van der Waals surface area contributed by atoms with Crippen molar-refractivity contribution in [2.75, 3.05) is 23.3 Å². The van der Waals surface area contributed by atoms with Gasteiger partial charge in [0.2, 0.25) is 4.96 Å². The molecule has 0 atom stereocenters. The molecule has 0 aliphatic heterocycles. The topological polar surface area (TPSA) is 62.5 Å². The van der Waals surface area contributed by atoms with Crippen LogP contribution in [0.1, 0.15) is 54.8 Å². The molecule has 138 valence electrons. The fourth-order valence-corrected chi connectivity index (χ4v) is 4.01. The number of hydrogen-bond acceptors (Lipinski definition) is 5. The van der Waals surface area contributed by atoms with Crippen LogP contribution in [0, 0.1) is 6.92 Å². The van der Waals surface area contributed by atoms with Crippen LogP contribution in [0.2, 0.25) is 0 Å². The van der Waals surface area contributed by atoms with Crippen molar-refractivity contribution in [3.8, 4) is 0 Å². The molecule has 0 radical (unpaired) electrons. The first-order valence-corrected chi connectivity index (χ1v) is 9.78. The molecule has 2 aromatic heterocycles. The molecule has 0 saturated heterocycles. The Balaban J connectivity index is 1.82. The van der Waals surface area contributed by atoms with Crippen LogP contribution in [0.4, 0.5) is 11.4 Å². The smallest absolute Gasteiger partial charge is 0.267 e. The Hall–Kier alpha value is -2.41. The number of thiazole rings is 1. The van der Waals surface area contributed by atoms with Gasteiger partial charge in [-0.1, -0.05) is 25.2 Å². The number of aromatic nitrogens is 3. The second kappa shape index (κ2) is 7.45. The molecule has 3 rings (SSSR count). The molecule has 7 heteroatoms. The van der Waals surface area contributed by atoms with Gasteiger partial charge in [-0.05, 0) is 45.0 Å². The quantitative estimate of drug-likeness (QED) is 0.701. The van der Waals surface area contributed by atoms with Crippen molar-refractivity contribution in [2.24, 2.45) is 0 Å². The van der Waals surface area contributed by atoms with Crippen LogP contribution in [0.3, 0.4) is 0 Å². The highest BCUT2D eigenvalue weighted by Crippen LogP contribution is 2.27. The van der Waals surface area contributed by atoms with Gasteiger partial charge in [-0.15, -0.1) is 10.2 Å². The van der Waals surface area contributed by atoms with Crippen molar-refractivity contribution in [2.45, 2.75) is 40.5 Å². The summed E-state index contributed by atoms with van der Waals surface area (Å²) < 4.78 is 1.98. The number of carbonyl (C=O) groups is 1. The van der Waals surface area contributed by atoms with Crippen molar-refractivity contribution in [3.63, 3.8) is 0 Å². The van der Waals surface area contributed by atoms with E-state index in [2.05, 4.69) is 48.1 Å². The number of carbonyl (C=O) groups excluding carboxylic acids is 1. The molecule has 0 unspecified atom stereocenters. The fraction of sp³-hybridized carbons (Fsp3) is 0.421. The molecule has 0 aliphatic rings. The lowest BCUT2D eigenvalue weighted by molar-refractivity contribution is 0.102. The SMILES string of the molecule is CCN(CC)c1ccc(NC(=O)c2sc3nnc(C(C)C)n3c2C)cc1. The zero-order valence-electron chi connectivity index (χ0n) is 15.9. The summed E-state index contributed by atoms with van der Waals surface area (Å²) in [4.78, 5) is 16.4. The molecule has 0 bridgehead atoms. The predicted molar refractivity (Wildman–Crippen MR) is 108 cm³/mol. The van der Waals surface area contributed by atoms with E-state index in [1.165, 1.54) is 11.3 Å². The molecule has 0 aliphatic carbocycles. The van der Waals surface area contributed by atoms with Crippen molar-refractivity contribution < 1.29 is 4.79 Å². The summed E-state index contributed by atoms with van der Waals surface area (Å²) in [5.74, 6) is 1.03. The second-order valence-electron chi connectivity index (χ2n) is 6.52. The van der Waals surface area contributed by atoms with Gasteiger partial charge in [0, 0.05) is 36.1 Å². The van der Waals surface area contributed by atoms with E-state index < -0.39 is 0 Å². The highest BCUT2D eigenvalue weighted by Gasteiger charge is 2.21. The van der Waals surface area contributed by atoms with Crippen LogP contribution in [-0.2, 0) is 0 Å². The number of anilines is 2. The molecule has 0 fully saturated rings. The summed E-state index contributed by atoms with van der Waals surface area (Å²) in [6, 6.07) is 7.97. The minimum atomic E-state index is -0.108. The second-order valence-corrected chi connectivity index (χ2v) is 7.50. The summed E-state index contributed by atoms with van der Waals surface area (Å²) in [6.07, 6.45) is 0. The Bertz CT molecular complexity index is 906. The molecule has 6 nitrogen and oxygen atoms in total. The number of aryl methyl sites for hydroxylation is 1.